The number of nitrogens with one attached hydrogen (secondary N) is 1. The molecule has 5 heteroatoms. The van der Waals surface area contributed by atoms with Gasteiger partial charge < -0.3 is 16.3 Å². The molecule has 0 bridgehead atoms. The number of rotatable bonds is 6. The summed E-state index contributed by atoms with van der Waals surface area (Å²) in [5, 5.41) is 15.8. The molecule has 4 nitrogen and oxygen atoms in total. The van der Waals surface area contributed by atoms with Gasteiger partial charge in [0.2, 0.25) is 0 Å². The third-order valence-corrected chi connectivity index (χ3v) is 4.30. The Morgan fingerprint density at radius 2 is 2.38 bits per heavy atom. The van der Waals surface area contributed by atoms with Gasteiger partial charge in [-0.3, -0.25) is 0 Å². The Labute approximate surface area is 102 Å². The summed E-state index contributed by atoms with van der Waals surface area (Å²) in [5.41, 5.74) is 5.50. The van der Waals surface area contributed by atoms with Crippen molar-refractivity contribution in [1.82, 2.24) is 5.32 Å². The highest BCUT2D eigenvalue weighted by atomic mass is 32.2. The standard InChI is InChI=1S/C11H23N3OS/c1-3-16-10-6-4-5-9(10)13-8(2)7-11(12)14-15/h8-10,13,15H,3-7H2,1-2H3,(H2,12,14). The molecule has 1 fully saturated rings. The normalized spacial score (nSPS) is 28.2. The monoisotopic (exact) mass is 245 g/mol. The van der Waals surface area contributed by atoms with Crippen molar-refractivity contribution in [3.05, 3.63) is 0 Å². The summed E-state index contributed by atoms with van der Waals surface area (Å²) in [7, 11) is 0. The first-order valence-electron chi connectivity index (χ1n) is 6.01. The number of nitrogens with two attached hydrogens (primary N) is 1. The Kier molecular flexibility index (Phi) is 5.98. The van der Waals surface area contributed by atoms with Crippen molar-refractivity contribution >= 4 is 17.6 Å². The summed E-state index contributed by atoms with van der Waals surface area (Å²) in [6.07, 6.45) is 4.48. The van der Waals surface area contributed by atoms with E-state index in [0.717, 1.165) is 5.25 Å². The maximum absolute atomic E-state index is 8.51. The molecule has 1 aliphatic rings. The summed E-state index contributed by atoms with van der Waals surface area (Å²) in [4.78, 5) is 0. The van der Waals surface area contributed by atoms with Crippen molar-refractivity contribution in [2.24, 2.45) is 10.9 Å². The van der Waals surface area contributed by atoms with Crippen molar-refractivity contribution < 1.29 is 5.21 Å². The fourth-order valence-electron chi connectivity index (χ4n) is 2.31. The zero-order valence-corrected chi connectivity index (χ0v) is 11.0. The van der Waals surface area contributed by atoms with Crippen LogP contribution in [0.5, 0.6) is 0 Å². The molecule has 0 aromatic heterocycles. The molecular formula is C11H23N3OS. The fraction of sp³-hybridized carbons (Fsp3) is 0.909. The molecule has 0 heterocycles. The van der Waals surface area contributed by atoms with E-state index in [-0.39, 0.29) is 6.04 Å². The molecular weight excluding hydrogens is 222 g/mol. The van der Waals surface area contributed by atoms with E-state index in [0.29, 0.717) is 18.3 Å². The molecule has 1 rings (SSSR count). The van der Waals surface area contributed by atoms with Gasteiger partial charge in [0.1, 0.15) is 5.84 Å². The van der Waals surface area contributed by atoms with Crippen molar-refractivity contribution in [2.75, 3.05) is 5.75 Å². The van der Waals surface area contributed by atoms with Gasteiger partial charge in [-0.15, -0.1) is 0 Å². The summed E-state index contributed by atoms with van der Waals surface area (Å²) < 4.78 is 0. The molecule has 3 atom stereocenters. The minimum absolute atomic E-state index is 0.277. The third-order valence-electron chi connectivity index (χ3n) is 2.98. The highest BCUT2D eigenvalue weighted by molar-refractivity contribution is 7.99. The summed E-state index contributed by atoms with van der Waals surface area (Å²) >= 11 is 2.04. The van der Waals surface area contributed by atoms with E-state index < -0.39 is 0 Å². The van der Waals surface area contributed by atoms with Gasteiger partial charge in [-0.05, 0) is 25.5 Å². The van der Waals surface area contributed by atoms with E-state index in [4.69, 9.17) is 10.9 Å². The van der Waals surface area contributed by atoms with Crippen LogP contribution in [-0.4, -0.2) is 34.1 Å². The highest BCUT2D eigenvalue weighted by Crippen LogP contribution is 2.30. The van der Waals surface area contributed by atoms with E-state index in [9.17, 15) is 0 Å². The molecule has 4 N–H and O–H groups in total. The van der Waals surface area contributed by atoms with Crippen LogP contribution in [0.4, 0.5) is 0 Å². The third kappa shape index (κ3) is 4.22. The Balaban J connectivity index is 2.34. The van der Waals surface area contributed by atoms with Gasteiger partial charge in [0.25, 0.3) is 0 Å². The van der Waals surface area contributed by atoms with E-state index in [1.54, 1.807) is 0 Å². The SMILES string of the molecule is CCSC1CCCC1NC(C)CC(N)=NO. The minimum Gasteiger partial charge on any atom is -0.409 e. The molecule has 16 heavy (non-hydrogen) atoms. The van der Waals surface area contributed by atoms with Crippen LogP contribution < -0.4 is 11.1 Å². The van der Waals surface area contributed by atoms with Crippen molar-refractivity contribution in [3.8, 4) is 0 Å². The van der Waals surface area contributed by atoms with Crippen LogP contribution in [0.3, 0.4) is 0 Å². The van der Waals surface area contributed by atoms with E-state index in [1.807, 2.05) is 11.8 Å². The second kappa shape index (κ2) is 7.01. The highest BCUT2D eigenvalue weighted by Gasteiger charge is 2.27. The van der Waals surface area contributed by atoms with Gasteiger partial charge in [-0.2, -0.15) is 11.8 Å². The molecule has 1 saturated carbocycles. The molecule has 3 unspecified atom stereocenters. The average molecular weight is 245 g/mol. The molecule has 1 aliphatic carbocycles. The zero-order chi connectivity index (χ0) is 12.0. The summed E-state index contributed by atoms with van der Waals surface area (Å²) in [6.45, 7) is 4.30. The first kappa shape index (κ1) is 13.6. The second-order valence-corrected chi connectivity index (χ2v) is 5.91. The first-order valence-corrected chi connectivity index (χ1v) is 7.06. The molecule has 0 aromatic carbocycles. The average Bonchev–Trinajstić information content (AvgIpc) is 2.66. The molecule has 94 valence electrons. The lowest BCUT2D eigenvalue weighted by Gasteiger charge is -2.24. The van der Waals surface area contributed by atoms with Gasteiger partial charge in [0, 0.05) is 23.8 Å². The van der Waals surface area contributed by atoms with Crippen molar-refractivity contribution in [2.45, 2.75) is 56.9 Å². The number of nitrogens with zero attached hydrogens (tertiary/aromatic N) is 1. The van der Waals surface area contributed by atoms with Crippen LogP contribution in [0.25, 0.3) is 0 Å². The molecule has 0 saturated heterocycles. The quantitative estimate of drug-likeness (QED) is 0.289. The van der Waals surface area contributed by atoms with Gasteiger partial charge in [-0.1, -0.05) is 18.5 Å². The number of amidine groups is 1. The van der Waals surface area contributed by atoms with Crippen molar-refractivity contribution in [3.63, 3.8) is 0 Å². The Morgan fingerprint density at radius 1 is 1.62 bits per heavy atom. The number of thioether (sulfide) groups is 1. The van der Waals surface area contributed by atoms with E-state index >= 15 is 0 Å². The smallest absolute Gasteiger partial charge is 0.140 e. The lowest BCUT2D eigenvalue weighted by molar-refractivity contribution is 0.315. The summed E-state index contributed by atoms with van der Waals surface area (Å²) in [5.74, 6) is 1.48. The maximum atomic E-state index is 8.51. The predicted octanol–water partition coefficient (Wildman–Crippen LogP) is 1.78. The zero-order valence-electron chi connectivity index (χ0n) is 10.1. The number of hydrogen-bond acceptors (Lipinski definition) is 4. The van der Waals surface area contributed by atoms with Crippen molar-refractivity contribution in [1.29, 1.82) is 0 Å². The fourth-order valence-corrected chi connectivity index (χ4v) is 3.52. The van der Waals surface area contributed by atoms with Gasteiger partial charge in [0.05, 0.1) is 0 Å². The van der Waals surface area contributed by atoms with Gasteiger partial charge >= 0.3 is 0 Å². The first-order chi connectivity index (χ1) is 7.67. The van der Waals surface area contributed by atoms with Crippen LogP contribution in [0, 0.1) is 0 Å². The summed E-state index contributed by atoms with van der Waals surface area (Å²) in [6, 6.07) is 0.866. The van der Waals surface area contributed by atoms with E-state index in [1.165, 1.54) is 25.0 Å². The van der Waals surface area contributed by atoms with Gasteiger partial charge in [-0.25, -0.2) is 0 Å². The van der Waals surface area contributed by atoms with Crippen LogP contribution >= 0.6 is 11.8 Å². The van der Waals surface area contributed by atoms with E-state index in [2.05, 4.69) is 24.3 Å². The minimum atomic E-state index is 0.277. The molecule has 0 aromatic rings. The predicted molar refractivity (Wildman–Crippen MR) is 70.2 cm³/mol. The molecule has 0 aliphatic heterocycles. The van der Waals surface area contributed by atoms with Crippen LogP contribution in [0.15, 0.2) is 5.16 Å². The Bertz CT molecular complexity index is 235. The lowest BCUT2D eigenvalue weighted by atomic mass is 10.1. The Hall–Kier alpha value is -0.420. The molecule has 0 radical (unpaired) electrons. The Morgan fingerprint density at radius 3 is 3.00 bits per heavy atom. The molecule has 0 spiro atoms. The number of oxime groups is 1. The number of hydrogen-bond donors (Lipinski definition) is 3. The topological polar surface area (TPSA) is 70.6 Å². The van der Waals surface area contributed by atoms with Crippen LogP contribution in [0.1, 0.15) is 39.5 Å². The van der Waals surface area contributed by atoms with Crippen LogP contribution in [-0.2, 0) is 0 Å². The maximum Gasteiger partial charge on any atom is 0.140 e. The largest absolute Gasteiger partial charge is 0.409 e. The second-order valence-electron chi connectivity index (χ2n) is 4.39. The van der Waals surface area contributed by atoms with Gasteiger partial charge in [0.15, 0.2) is 0 Å². The lowest BCUT2D eigenvalue weighted by Crippen LogP contribution is -2.42. The van der Waals surface area contributed by atoms with Crippen LogP contribution in [0.2, 0.25) is 0 Å². The molecule has 0 amide bonds.